The zero-order valence-corrected chi connectivity index (χ0v) is 13.1. The van der Waals surface area contributed by atoms with E-state index in [1.54, 1.807) is 6.07 Å². The zero-order valence-electron chi connectivity index (χ0n) is 13.1. The minimum Gasteiger partial charge on any atom is -0.433 e. The predicted molar refractivity (Wildman–Crippen MR) is 76.8 cm³/mol. The summed E-state index contributed by atoms with van der Waals surface area (Å²) in [5.41, 5.74) is 0.863. The molecule has 4 heteroatoms. The first-order valence-corrected chi connectivity index (χ1v) is 6.73. The molecule has 0 saturated heterocycles. The number of halogens is 2. The number of hydrogen-bond donors (Lipinski definition) is 0. The van der Waals surface area contributed by atoms with Gasteiger partial charge in [-0.2, -0.15) is 8.78 Å². The topological polar surface area (TPSA) is 22.1 Å². The first-order chi connectivity index (χ1) is 8.82. The quantitative estimate of drug-likeness (QED) is 0.727. The number of aromatic nitrogens is 1. The standard InChI is InChI=1S/C9H11F2NO.C4H10.C2H6/c1-6(2)8-4-3-7(5-12-8)13-9(10)11;1-4(2)3;1-2/h3-6,9H,1-2H3;4H,1-3H3;1-2H3. The molecule has 112 valence electrons. The maximum atomic E-state index is 11.7. The lowest BCUT2D eigenvalue weighted by Gasteiger charge is -2.06. The van der Waals surface area contributed by atoms with Crippen molar-refractivity contribution in [1.82, 2.24) is 4.98 Å². The molecule has 1 aromatic rings. The van der Waals surface area contributed by atoms with E-state index in [4.69, 9.17) is 0 Å². The van der Waals surface area contributed by atoms with Crippen LogP contribution < -0.4 is 4.74 Å². The van der Waals surface area contributed by atoms with Gasteiger partial charge in [-0.15, -0.1) is 0 Å². The Morgan fingerprint density at radius 2 is 1.47 bits per heavy atom. The van der Waals surface area contributed by atoms with Crippen LogP contribution >= 0.6 is 0 Å². The van der Waals surface area contributed by atoms with Crippen LogP contribution in [-0.2, 0) is 0 Å². The van der Waals surface area contributed by atoms with E-state index in [9.17, 15) is 8.78 Å². The fraction of sp³-hybridized carbons (Fsp3) is 0.667. The van der Waals surface area contributed by atoms with Crippen LogP contribution in [0.5, 0.6) is 5.75 Å². The van der Waals surface area contributed by atoms with Gasteiger partial charge in [0.15, 0.2) is 0 Å². The van der Waals surface area contributed by atoms with Gasteiger partial charge in [-0.1, -0.05) is 48.5 Å². The molecule has 0 aliphatic carbocycles. The van der Waals surface area contributed by atoms with Gasteiger partial charge in [0, 0.05) is 5.69 Å². The van der Waals surface area contributed by atoms with Crippen LogP contribution in [0.1, 0.15) is 60.1 Å². The fourth-order valence-corrected chi connectivity index (χ4v) is 0.906. The summed E-state index contributed by atoms with van der Waals surface area (Å²) in [4.78, 5) is 3.97. The second-order valence-corrected chi connectivity index (χ2v) is 4.68. The Morgan fingerprint density at radius 3 is 1.74 bits per heavy atom. The lowest BCUT2D eigenvalue weighted by Crippen LogP contribution is -2.02. The minimum atomic E-state index is -2.79. The molecule has 0 bridgehead atoms. The maximum Gasteiger partial charge on any atom is 0.387 e. The lowest BCUT2D eigenvalue weighted by atomic mass is 10.1. The van der Waals surface area contributed by atoms with Gasteiger partial charge >= 0.3 is 6.61 Å². The highest BCUT2D eigenvalue weighted by Crippen LogP contribution is 2.16. The lowest BCUT2D eigenvalue weighted by molar-refractivity contribution is -0.0500. The third-order valence-corrected chi connectivity index (χ3v) is 1.58. The van der Waals surface area contributed by atoms with E-state index in [1.807, 2.05) is 27.7 Å². The van der Waals surface area contributed by atoms with Crippen molar-refractivity contribution in [2.24, 2.45) is 5.92 Å². The van der Waals surface area contributed by atoms with Crippen molar-refractivity contribution in [2.45, 2.75) is 61.0 Å². The molecule has 1 aromatic heterocycles. The van der Waals surface area contributed by atoms with Crippen molar-refractivity contribution in [3.8, 4) is 5.75 Å². The van der Waals surface area contributed by atoms with Crippen LogP contribution in [0.3, 0.4) is 0 Å². The van der Waals surface area contributed by atoms with Gasteiger partial charge in [-0.05, 0) is 24.0 Å². The molecule has 1 heterocycles. The van der Waals surface area contributed by atoms with Gasteiger partial charge in [-0.25, -0.2) is 0 Å². The molecule has 1 rings (SSSR count). The molecule has 0 aliphatic heterocycles. The molecule has 0 unspecified atom stereocenters. The monoisotopic (exact) mass is 275 g/mol. The van der Waals surface area contributed by atoms with Gasteiger partial charge in [0.1, 0.15) is 5.75 Å². The van der Waals surface area contributed by atoms with Crippen molar-refractivity contribution >= 4 is 0 Å². The number of alkyl halides is 2. The molecule has 0 radical (unpaired) electrons. The molecule has 0 aromatic carbocycles. The Hall–Kier alpha value is -1.19. The van der Waals surface area contributed by atoms with E-state index >= 15 is 0 Å². The zero-order chi connectivity index (χ0) is 15.4. The molecule has 0 fully saturated rings. The van der Waals surface area contributed by atoms with E-state index in [1.165, 1.54) is 12.3 Å². The van der Waals surface area contributed by atoms with Crippen LogP contribution in [0.4, 0.5) is 8.78 Å². The summed E-state index contributed by atoms with van der Waals surface area (Å²) in [7, 11) is 0. The number of pyridine rings is 1. The SMILES string of the molecule is CC.CC(C)C.CC(C)c1ccc(OC(F)F)cn1. The molecule has 19 heavy (non-hydrogen) atoms. The molecule has 0 atom stereocenters. The molecule has 2 nitrogen and oxygen atoms in total. The van der Waals surface area contributed by atoms with Gasteiger partial charge in [-0.3, -0.25) is 4.98 Å². The summed E-state index contributed by atoms with van der Waals surface area (Å²) in [5, 5.41) is 0. The Balaban J connectivity index is 0. The Morgan fingerprint density at radius 1 is 1.00 bits per heavy atom. The highest BCUT2D eigenvalue weighted by molar-refractivity contribution is 5.21. The molecule has 0 amide bonds. The second-order valence-electron chi connectivity index (χ2n) is 4.68. The molecular weight excluding hydrogens is 248 g/mol. The number of nitrogens with zero attached hydrogens (tertiary/aromatic N) is 1. The average molecular weight is 275 g/mol. The largest absolute Gasteiger partial charge is 0.433 e. The van der Waals surface area contributed by atoms with Crippen LogP contribution in [0.25, 0.3) is 0 Å². The fourth-order valence-electron chi connectivity index (χ4n) is 0.906. The normalized spacial score (nSPS) is 9.68. The summed E-state index contributed by atoms with van der Waals surface area (Å²) in [5.74, 6) is 1.22. The smallest absolute Gasteiger partial charge is 0.387 e. The predicted octanol–water partition coefficient (Wildman–Crippen LogP) is 5.49. The van der Waals surface area contributed by atoms with Crippen LogP contribution in [0, 0.1) is 5.92 Å². The van der Waals surface area contributed by atoms with Gasteiger partial charge in [0.2, 0.25) is 0 Å². The van der Waals surface area contributed by atoms with Crippen molar-refractivity contribution in [1.29, 1.82) is 0 Å². The third kappa shape index (κ3) is 13.0. The number of rotatable bonds is 3. The second kappa shape index (κ2) is 11.9. The first kappa shape index (κ1) is 20.1. The highest BCUT2D eigenvalue weighted by Gasteiger charge is 2.05. The van der Waals surface area contributed by atoms with Crippen molar-refractivity contribution < 1.29 is 13.5 Å². The van der Waals surface area contributed by atoms with Crippen LogP contribution in [-0.4, -0.2) is 11.6 Å². The van der Waals surface area contributed by atoms with E-state index in [0.29, 0.717) is 5.92 Å². The molecular formula is C15H27F2NO. The van der Waals surface area contributed by atoms with Crippen molar-refractivity contribution in [3.05, 3.63) is 24.0 Å². The van der Waals surface area contributed by atoms with E-state index < -0.39 is 6.61 Å². The Bertz CT molecular complexity index is 295. The molecule has 0 saturated carbocycles. The van der Waals surface area contributed by atoms with Crippen molar-refractivity contribution in [3.63, 3.8) is 0 Å². The molecule has 0 spiro atoms. The Labute approximate surface area is 116 Å². The minimum absolute atomic E-state index is 0.0967. The van der Waals surface area contributed by atoms with Gasteiger partial charge in [0.05, 0.1) is 6.20 Å². The van der Waals surface area contributed by atoms with Crippen LogP contribution in [0.2, 0.25) is 0 Å². The van der Waals surface area contributed by atoms with Crippen LogP contribution in [0.15, 0.2) is 18.3 Å². The number of hydrogen-bond acceptors (Lipinski definition) is 2. The summed E-state index contributed by atoms with van der Waals surface area (Å²) in [6.45, 7) is 11.7. The summed E-state index contributed by atoms with van der Waals surface area (Å²) >= 11 is 0. The van der Waals surface area contributed by atoms with Crippen molar-refractivity contribution in [2.75, 3.05) is 0 Å². The van der Waals surface area contributed by atoms with E-state index in [0.717, 1.165) is 11.6 Å². The maximum absolute atomic E-state index is 11.7. The van der Waals surface area contributed by atoms with Gasteiger partial charge in [0.25, 0.3) is 0 Å². The first-order valence-electron chi connectivity index (χ1n) is 6.73. The summed E-state index contributed by atoms with van der Waals surface area (Å²) in [6.07, 6.45) is 1.31. The highest BCUT2D eigenvalue weighted by atomic mass is 19.3. The molecule has 0 N–H and O–H groups in total. The van der Waals surface area contributed by atoms with E-state index in [-0.39, 0.29) is 5.75 Å². The molecule has 0 aliphatic rings. The summed E-state index contributed by atoms with van der Waals surface area (Å²) in [6, 6.07) is 3.18. The Kier molecular flexibility index (Phi) is 12.6. The summed E-state index contributed by atoms with van der Waals surface area (Å²) < 4.78 is 27.6. The van der Waals surface area contributed by atoms with E-state index in [2.05, 4.69) is 30.5 Å². The average Bonchev–Trinajstić information content (AvgIpc) is 2.30. The number of ether oxygens (including phenoxy) is 1. The van der Waals surface area contributed by atoms with Gasteiger partial charge < -0.3 is 4.74 Å². The third-order valence-electron chi connectivity index (χ3n) is 1.58.